The number of rotatable bonds is 3. The molecule has 1 aromatic carbocycles. The van der Waals surface area contributed by atoms with Gasteiger partial charge in [0.25, 0.3) is 0 Å². The van der Waals surface area contributed by atoms with E-state index in [-0.39, 0.29) is 0 Å². The highest BCUT2D eigenvalue weighted by molar-refractivity contribution is 5.65. The van der Waals surface area contributed by atoms with Crippen LogP contribution in [0.2, 0.25) is 0 Å². The second kappa shape index (κ2) is 4.61. The van der Waals surface area contributed by atoms with E-state index in [0.717, 1.165) is 17.7 Å². The van der Waals surface area contributed by atoms with Crippen LogP contribution in [0.1, 0.15) is 24.5 Å². The molecule has 0 saturated carbocycles. The van der Waals surface area contributed by atoms with Crippen molar-refractivity contribution >= 4 is 18.0 Å². The van der Waals surface area contributed by atoms with Crippen LogP contribution in [0.15, 0.2) is 29.8 Å². The lowest BCUT2D eigenvalue weighted by atomic mass is 10.1. The smallest absolute Gasteiger partial charge is 0.0655 e. The molecule has 1 heteroatoms. The lowest BCUT2D eigenvalue weighted by Crippen LogP contribution is -1.78. The van der Waals surface area contributed by atoms with Crippen molar-refractivity contribution in [2.24, 2.45) is 4.99 Å². The Kier molecular flexibility index (Phi) is 3.44. The van der Waals surface area contributed by atoms with Crippen LogP contribution in [0.25, 0.3) is 6.08 Å². The summed E-state index contributed by atoms with van der Waals surface area (Å²) in [6.07, 6.45) is 4.75. The SMILES string of the molecule is C=Cc1ccc(N=CCC)c(C)c1. The molecule has 0 N–H and O–H groups in total. The number of hydrogen-bond donors (Lipinski definition) is 0. The van der Waals surface area contributed by atoms with Crippen molar-refractivity contribution in [2.75, 3.05) is 0 Å². The van der Waals surface area contributed by atoms with E-state index in [4.69, 9.17) is 0 Å². The molecular weight excluding hydrogens is 158 g/mol. The maximum Gasteiger partial charge on any atom is 0.0655 e. The number of nitrogens with zero attached hydrogens (tertiary/aromatic N) is 1. The maximum absolute atomic E-state index is 4.34. The van der Waals surface area contributed by atoms with Gasteiger partial charge in [-0.15, -0.1) is 0 Å². The summed E-state index contributed by atoms with van der Waals surface area (Å²) in [4.78, 5) is 4.34. The quantitative estimate of drug-likeness (QED) is 0.617. The third-order valence-electron chi connectivity index (χ3n) is 1.87. The van der Waals surface area contributed by atoms with Crippen LogP contribution in [-0.2, 0) is 0 Å². The molecule has 0 bridgehead atoms. The summed E-state index contributed by atoms with van der Waals surface area (Å²) in [5.74, 6) is 0. The molecule has 0 aliphatic rings. The molecule has 0 aliphatic heterocycles. The molecule has 1 aromatic rings. The molecule has 68 valence electrons. The lowest BCUT2D eigenvalue weighted by molar-refractivity contribution is 1.30. The van der Waals surface area contributed by atoms with Gasteiger partial charge in [-0.3, -0.25) is 4.99 Å². The second-order valence-corrected chi connectivity index (χ2v) is 2.97. The highest BCUT2D eigenvalue weighted by atomic mass is 14.7. The summed E-state index contributed by atoms with van der Waals surface area (Å²) < 4.78 is 0. The standard InChI is InChI=1S/C12H15N/c1-4-8-13-12-7-6-11(5-2)9-10(12)3/h5-9H,2,4H2,1,3H3. The van der Waals surface area contributed by atoms with E-state index in [0.29, 0.717) is 0 Å². The third kappa shape index (κ3) is 2.55. The Bertz CT molecular complexity index is 324. The predicted molar refractivity (Wildman–Crippen MR) is 59.7 cm³/mol. The highest BCUT2D eigenvalue weighted by Gasteiger charge is 1.94. The van der Waals surface area contributed by atoms with Crippen LogP contribution in [0.4, 0.5) is 5.69 Å². The van der Waals surface area contributed by atoms with E-state index in [1.807, 2.05) is 24.4 Å². The van der Waals surface area contributed by atoms with Crippen LogP contribution < -0.4 is 0 Å². The minimum Gasteiger partial charge on any atom is -0.261 e. The number of aryl methyl sites for hydroxylation is 1. The molecule has 0 atom stereocenters. The van der Waals surface area contributed by atoms with Crippen molar-refractivity contribution < 1.29 is 0 Å². The average Bonchev–Trinajstić information content (AvgIpc) is 2.16. The van der Waals surface area contributed by atoms with Gasteiger partial charge in [0.05, 0.1) is 5.69 Å². The van der Waals surface area contributed by atoms with Crippen molar-refractivity contribution in [3.05, 3.63) is 35.9 Å². The third-order valence-corrected chi connectivity index (χ3v) is 1.87. The van der Waals surface area contributed by atoms with Crippen molar-refractivity contribution in [2.45, 2.75) is 20.3 Å². The molecule has 0 amide bonds. The first-order chi connectivity index (χ1) is 6.27. The maximum atomic E-state index is 4.34. The van der Waals surface area contributed by atoms with Crippen molar-refractivity contribution in [3.63, 3.8) is 0 Å². The Labute approximate surface area is 79.8 Å². The zero-order valence-electron chi connectivity index (χ0n) is 8.25. The summed E-state index contributed by atoms with van der Waals surface area (Å²) in [6.45, 7) is 7.87. The molecule has 1 nitrogen and oxygen atoms in total. The summed E-state index contributed by atoms with van der Waals surface area (Å²) in [5.41, 5.74) is 3.39. The Morgan fingerprint density at radius 3 is 2.77 bits per heavy atom. The number of aliphatic imine (C=N–C) groups is 1. The van der Waals surface area contributed by atoms with E-state index in [1.54, 1.807) is 0 Å². The first-order valence-electron chi connectivity index (χ1n) is 4.53. The monoisotopic (exact) mass is 173 g/mol. The van der Waals surface area contributed by atoms with Crippen LogP contribution in [0.5, 0.6) is 0 Å². The largest absolute Gasteiger partial charge is 0.261 e. The Balaban J connectivity index is 2.98. The Morgan fingerprint density at radius 1 is 1.46 bits per heavy atom. The van der Waals surface area contributed by atoms with E-state index < -0.39 is 0 Å². The molecule has 0 heterocycles. The van der Waals surface area contributed by atoms with Crippen molar-refractivity contribution in [1.82, 2.24) is 0 Å². The first kappa shape index (κ1) is 9.72. The van der Waals surface area contributed by atoms with Crippen LogP contribution in [0.3, 0.4) is 0 Å². The molecule has 0 saturated heterocycles. The molecule has 0 unspecified atom stereocenters. The van der Waals surface area contributed by atoms with Gasteiger partial charge in [-0.25, -0.2) is 0 Å². The summed E-state index contributed by atoms with van der Waals surface area (Å²) in [6, 6.07) is 6.15. The van der Waals surface area contributed by atoms with Crippen molar-refractivity contribution in [1.29, 1.82) is 0 Å². The summed E-state index contributed by atoms with van der Waals surface area (Å²) in [7, 11) is 0. The van der Waals surface area contributed by atoms with Gasteiger partial charge in [0, 0.05) is 6.21 Å². The molecule has 0 fully saturated rings. The van der Waals surface area contributed by atoms with E-state index >= 15 is 0 Å². The van der Waals surface area contributed by atoms with Gasteiger partial charge in [-0.2, -0.15) is 0 Å². The Morgan fingerprint density at radius 2 is 2.23 bits per heavy atom. The second-order valence-electron chi connectivity index (χ2n) is 2.97. The van der Waals surface area contributed by atoms with Gasteiger partial charge in [0.15, 0.2) is 0 Å². The van der Waals surface area contributed by atoms with E-state index in [9.17, 15) is 0 Å². The van der Waals surface area contributed by atoms with Crippen LogP contribution in [-0.4, -0.2) is 6.21 Å². The van der Waals surface area contributed by atoms with Gasteiger partial charge in [0.1, 0.15) is 0 Å². The number of hydrogen-bond acceptors (Lipinski definition) is 1. The van der Waals surface area contributed by atoms with E-state index in [2.05, 4.69) is 31.5 Å². The van der Waals surface area contributed by atoms with Crippen LogP contribution in [0, 0.1) is 6.92 Å². The predicted octanol–water partition coefficient (Wildman–Crippen LogP) is 3.75. The van der Waals surface area contributed by atoms with Crippen LogP contribution >= 0.6 is 0 Å². The molecule has 0 radical (unpaired) electrons. The summed E-state index contributed by atoms with van der Waals surface area (Å²) in [5, 5.41) is 0. The molecule has 1 rings (SSSR count). The minimum absolute atomic E-state index is 0.975. The molecule has 0 aliphatic carbocycles. The van der Waals surface area contributed by atoms with E-state index in [1.165, 1.54) is 5.56 Å². The Hall–Kier alpha value is -1.37. The van der Waals surface area contributed by atoms with Gasteiger partial charge in [0.2, 0.25) is 0 Å². The fourth-order valence-electron chi connectivity index (χ4n) is 1.14. The lowest BCUT2D eigenvalue weighted by Gasteiger charge is -2.00. The highest BCUT2D eigenvalue weighted by Crippen LogP contribution is 2.19. The van der Waals surface area contributed by atoms with Gasteiger partial charge in [-0.05, 0) is 36.6 Å². The summed E-state index contributed by atoms with van der Waals surface area (Å²) >= 11 is 0. The minimum atomic E-state index is 0.975. The first-order valence-corrected chi connectivity index (χ1v) is 4.53. The zero-order valence-corrected chi connectivity index (χ0v) is 8.25. The van der Waals surface area contributed by atoms with Crippen molar-refractivity contribution in [3.8, 4) is 0 Å². The molecule has 13 heavy (non-hydrogen) atoms. The van der Waals surface area contributed by atoms with Gasteiger partial charge in [-0.1, -0.05) is 25.6 Å². The average molecular weight is 173 g/mol. The molecular formula is C12H15N. The number of benzene rings is 1. The molecule has 0 spiro atoms. The van der Waals surface area contributed by atoms with Gasteiger partial charge >= 0.3 is 0 Å². The van der Waals surface area contributed by atoms with Gasteiger partial charge < -0.3 is 0 Å². The zero-order chi connectivity index (χ0) is 9.68. The fourth-order valence-corrected chi connectivity index (χ4v) is 1.14. The normalized spacial score (nSPS) is 10.6. The fraction of sp³-hybridized carbons (Fsp3) is 0.250. The molecule has 0 aromatic heterocycles. The topological polar surface area (TPSA) is 12.4 Å².